The fraction of sp³-hybridized carbons (Fsp3) is 0.556. The van der Waals surface area contributed by atoms with Crippen LogP contribution in [0.25, 0.3) is 0 Å². The molecule has 0 fully saturated rings. The Kier molecular flexibility index (Phi) is 5.87. The van der Waals surface area contributed by atoms with Crippen molar-refractivity contribution in [3.05, 3.63) is 35.4 Å². The Morgan fingerprint density at radius 1 is 0.833 bits per heavy atom. The van der Waals surface area contributed by atoms with Crippen molar-refractivity contribution >= 4 is 11.6 Å². The molecule has 24 heavy (non-hydrogen) atoms. The van der Waals surface area contributed by atoms with Gasteiger partial charge in [-0.2, -0.15) is 0 Å². The number of benzene rings is 1. The highest BCUT2D eigenvalue weighted by atomic mass is 16.7. The molecule has 0 aliphatic heterocycles. The molecular weight excluding hydrogens is 312 g/mol. The van der Waals surface area contributed by atoms with Gasteiger partial charge in [-0.15, -0.1) is 0 Å². The molecule has 6 nitrogen and oxygen atoms in total. The summed E-state index contributed by atoms with van der Waals surface area (Å²) in [6, 6.07) is 6.02. The van der Waals surface area contributed by atoms with Gasteiger partial charge in [0.1, 0.15) is 0 Å². The standard InChI is InChI=1S/C18H24O6/c1-3-5-11-23-17(21)15(19)13-9-7-8-10-14(13)16(20)18(17,22)24-12-6-4-2/h7-10,21-22H,3-6,11-12H2,1-2H3/t17-,18+. The molecule has 0 bridgehead atoms. The van der Waals surface area contributed by atoms with Gasteiger partial charge in [0.2, 0.25) is 11.6 Å². The van der Waals surface area contributed by atoms with Crippen molar-refractivity contribution in [2.24, 2.45) is 0 Å². The number of Topliss-reactive ketones (excluding diaryl/α,β-unsaturated/α-hetero) is 2. The quantitative estimate of drug-likeness (QED) is 0.558. The minimum atomic E-state index is -2.75. The molecule has 132 valence electrons. The number of hydrogen-bond donors (Lipinski definition) is 2. The zero-order valence-corrected chi connectivity index (χ0v) is 14.1. The van der Waals surface area contributed by atoms with Gasteiger partial charge in [-0.05, 0) is 12.8 Å². The lowest BCUT2D eigenvalue weighted by Gasteiger charge is -2.43. The largest absolute Gasteiger partial charge is 0.355 e. The first-order chi connectivity index (χ1) is 11.4. The number of fused-ring (bicyclic) bond motifs is 1. The Labute approximate surface area is 141 Å². The summed E-state index contributed by atoms with van der Waals surface area (Å²) in [6.45, 7) is 3.88. The van der Waals surface area contributed by atoms with E-state index in [1.165, 1.54) is 12.1 Å². The molecule has 1 aromatic rings. The molecule has 0 unspecified atom stereocenters. The molecule has 0 radical (unpaired) electrons. The normalized spacial score (nSPS) is 26.5. The Balaban J connectivity index is 2.46. The maximum absolute atomic E-state index is 12.8. The van der Waals surface area contributed by atoms with Gasteiger partial charge in [-0.1, -0.05) is 51.0 Å². The summed E-state index contributed by atoms with van der Waals surface area (Å²) in [7, 11) is 0. The topological polar surface area (TPSA) is 93.1 Å². The average molecular weight is 336 g/mol. The van der Waals surface area contributed by atoms with Crippen LogP contribution in [0.3, 0.4) is 0 Å². The maximum atomic E-state index is 12.8. The van der Waals surface area contributed by atoms with Crippen molar-refractivity contribution < 1.29 is 29.3 Å². The van der Waals surface area contributed by atoms with Crippen molar-refractivity contribution in [1.29, 1.82) is 0 Å². The lowest BCUT2D eigenvalue weighted by atomic mass is 9.80. The van der Waals surface area contributed by atoms with Crippen molar-refractivity contribution in [1.82, 2.24) is 0 Å². The zero-order valence-electron chi connectivity index (χ0n) is 14.1. The third-order valence-electron chi connectivity index (χ3n) is 4.11. The summed E-state index contributed by atoms with van der Waals surface area (Å²) in [6.07, 6.45) is 2.67. The number of hydrogen-bond acceptors (Lipinski definition) is 6. The molecule has 2 atom stereocenters. The molecule has 0 spiro atoms. The van der Waals surface area contributed by atoms with Crippen molar-refractivity contribution in [3.8, 4) is 0 Å². The smallest absolute Gasteiger partial charge is 0.295 e. The maximum Gasteiger partial charge on any atom is 0.295 e. The van der Waals surface area contributed by atoms with Gasteiger partial charge in [-0.25, -0.2) is 0 Å². The zero-order chi connectivity index (χ0) is 17.8. The highest BCUT2D eigenvalue weighted by molar-refractivity contribution is 6.20. The lowest BCUT2D eigenvalue weighted by molar-refractivity contribution is -0.333. The first-order valence-corrected chi connectivity index (χ1v) is 8.33. The second-order valence-electron chi connectivity index (χ2n) is 5.90. The predicted octanol–water partition coefficient (Wildman–Crippen LogP) is 2.08. The van der Waals surface area contributed by atoms with Crippen LogP contribution in [0, 0.1) is 0 Å². The van der Waals surface area contributed by atoms with E-state index in [2.05, 4.69) is 0 Å². The number of aliphatic hydroxyl groups is 2. The number of carbonyl (C=O) groups excluding carboxylic acids is 2. The minimum Gasteiger partial charge on any atom is -0.355 e. The first-order valence-electron chi connectivity index (χ1n) is 8.33. The molecule has 6 heteroatoms. The Morgan fingerprint density at radius 2 is 1.21 bits per heavy atom. The molecule has 0 amide bonds. The molecule has 2 rings (SSSR count). The van der Waals surface area contributed by atoms with E-state index in [1.807, 2.05) is 13.8 Å². The van der Waals surface area contributed by atoms with Gasteiger partial charge < -0.3 is 19.7 Å². The van der Waals surface area contributed by atoms with Gasteiger partial charge in [-0.3, -0.25) is 9.59 Å². The van der Waals surface area contributed by atoms with E-state index >= 15 is 0 Å². The number of rotatable bonds is 8. The van der Waals surface area contributed by atoms with E-state index in [1.54, 1.807) is 12.1 Å². The summed E-state index contributed by atoms with van der Waals surface area (Å²) >= 11 is 0. The van der Waals surface area contributed by atoms with Crippen LogP contribution in [0.2, 0.25) is 0 Å². The van der Waals surface area contributed by atoms with E-state index in [0.717, 1.165) is 12.8 Å². The first kappa shape index (κ1) is 18.7. The third-order valence-corrected chi connectivity index (χ3v) is 4.11. The molecule has 0 saturated heterocycles. The summed E-state index contributed by atoms with van der Waals surface area (Å²) in [5, 5.41) is 21.7. The van der Waals surface area contributed by atoms with E-state index in [4.69, 9.17) is 9.47 Å². The molecule has 0 heterocycles. The highest BCUT2D eigenvalue weighted by Gasteiger charge is 2.66. The van der Waals surface area contributed by atoms with Crippen LogP contribution in [0.15, 0.2) is 24.3 Å². The molecule has 0 aromatic heterocycles. The number of carbonyl (C=O) groups is 2. The Hall–Kier alpha value is -1.60. The van der Waals surface area contributed by atoms with Crippen LogP contribution in [0.5, 0.6) is 0 Å². The van der Waals surface area contributed by atoms with Gasteiger partial charge in [0.05, 0.1) is 13.2 Å². The van der Waals surface area contributed by atoms with Gasteiger partial charge >= 0.3 is 0 Å². The van der Waals surface area contributed by atoms with Crippen LogP contribution in [0.1, 0.15) is 60.2 Å². The predicted molar refractivity (Wildman–Crippen MR) is 86.7 cm³/mol. The van der Waals surface area contributed by atoms with E-state index < -0.39 is 23.1 Å². The fourth-order valence-electron chi connectivity index (χ4n) is 2.61. The number of ether oxygens (including phenoxy) is 2. The van der Waals surface area contributed by atoms with Crippen LogP contribution >= 0.6 is 0 Å². The Morgan fingerprint density at radius 3 is 1.54 bits per heavy atom. The summed E-state index contributed by atoms with van der Waals surface area (Å²) in [5.74, 6) is -7.23. The van der Waals surface area contributed by atoms with E-state index in [9.17, 15) is 19.8 Å². The summed E-state index contributed by atoms with van der Waals surface area (Å²) < 4.78 is 10.6. The van der Waals surface area contributed by atoms with Crippen LogP contribution in [0.4, 0.5) is 0 Å². The summed E-state index contributed by atoms with van der Waals surface area (Å²) in [4.78, 5) is 25.5. The summed E-state index contributed by atoms with van der Waals surface area (Å²) in [5.41, 5.74) is 0.0375. The van der Waals surface area contributed by atoms with Gasteiger partial charge in [0.25, 0.3) is 11.6 Å². The number of ketones is 2. The van der Waals surface area contributed by atoms with Crippen LogP contribution in [-0.4, -0.2) is 46.6 Å². The molecule has 1 aromatic carbocycles. The second kappa shape index (κ2) is 7.53. The molecular formula is C18H24O6. The van der Waals surface area contributed by atoms with Crippen LogP contribution in [-0.2, 0) is 9.47 Å². The fourth-order valence-corrected chi connectivity index (χ4v) is 2.61. The second-order valence-corrected chi connectivity index (χ2v) is 5.90. The SMILES string of the molecule is CCCCO[C@@]1(O)C(=O)c2ccccc2C(=O)[C@@]1(O)OCCCC. The molecule has 1 aliphatic carbocycles. The lowest BCUT2D eigenvalue weighted by Crippen LogP contribution is -2.69. The molecule has 0 saturated carbocycles. The number of unbranched alkanes of at least 4 members (excludes halogenated alkanes) is 2. The third kappa shape index (κ3) is 3.02. The van der Waals surface area contributed by atoms with Crippen molar-refractivity contribution in [2.45, 2.75) is 51.1 Å². The highest BCUT2D eigenvalue weighted by Crippen LogP contribution is 2.38. The van der Waals surface area contributed by atoms with Crippen molar-refractivity contribution in [2.75, 3.05) is 13.2 Å². The van der Waals surface area contributed by atoms with Crippen LogP contribution < -0.4 is 0 Å². The monoisotopic (exact) mass is 336 g/mol. The minimum absolute atomic E-state index is 0.0188. The molecule has 2 N–H and O–H groups in total. The van der Waals surface area contributed by atoms with Gasteiger partial charge in [0.15, 0.2) is 0 Å². The van der Waals surface area contributed by atoms with E-state index in [-0.39, 0.29) is 24.3 Å². The van der Waals surface area contributed by atoms with Crippen molar-refractivity contribution in [3.63, 3.8) is 0 Å². The van der Waals surface area contributed by atoms with E-state index in [0.29, 0.717) is 12.8 Å². The average Bonchev–Trinajstić information content (AvgIpc) is 2.59. The van der Waals surface area contributed by atoms with Gasteiger partial charge in [0, 0.05) is 11.1 Å². The molecule has 1 aliphatic rings. The Bertz CT molecular complexity index is 560.